The third-order valence-corrected chi connectivity index (χ3v) is 8.40. The van der Waals surface area contributed by atoms with Crippen molar-refractivity contribution in [2.45, 2.75) is 39.3 Å². The maximum Gasteiger partial charge on any atom is 0.234 e. The van der Waals surface area contributed by atoms with Crippen molar-refractivity contribution in [1.29, 1.82) is 0 Å². The van der Waals surface area contributed by atoms with Crippen LogP contribution in [0.4, 0.5) is 11.4 Å². The molecule has 2 heterocycles. The van der Waals surface area contributed by atoms with E-state index in [1.165, 1.54) is 11.8 Å². The average Bonchev–Trinajstić information content (AvgIpc) is 3.19. The van der Waals surface area contributed by atoms with Gasteiger partial charge in [0.15, 0.2) is 15.0 Å². The normalized spacial score (nSPS) is 21.6. The SMILES string of the molecule is CCc1ccccc1NC(=O)CSC1=N[C@H]2CS(=O)(=O)C[C@@H]2N1c1cc(C)ccc1C. The fraction of sp³-hybridized carbons (Fsp3) is 0.391. The number of carbonyl (C=O) groups is 1. The van der Waals surface area contributed by atoms with Gasteiger partial charge in [0.2, 0.25) is 5.91 Å². The lowest BCUT2D eigenvalue weighted by atomic mass is 10.1. The van der Waals surface area contributed by atoms with Crippen LogP contribution in [0.1, 0.15) is 23.6 Å². The molecule has 0 spiro atoms. The molecule has 164 valence electrons. The summed E-state index contributed by atoms with van der Waals surface area (Å²) >= 11 is 1.37. The van der Waals surface area contributed by atoms with Gasteiger partial charge in [0.05, 0.1) is 29.3 Å². The van der Waals surface area contributed by atoms with Crippen molar-refractivity contribution in [3.8, 4) is 0 Å². The van der Waals surface area contributed by atoms with Crippen LogP contribution in [0.2, 0.25) is 0 Å². The predicted molar refractivity (Wildman–Crippen MR) is 129 cm³/mol. The first kappa shape index (κ1) is 21.9. The summed E-state index contributed by atoms with van der Waals surface area (Å²) in [7, 11) is -3.11. The van der Waals surface area contributed by atoms with Gasteiger partial charge in [0, 0.05) is 11.4 Å². The molecule has 1 saturated heterocycles. The molecule has 4 rings (SSSR count). The number of thioether (sulfide) groups is 1. The monoisotopic (exact) mass is 457 g/mol. The molecule has 0 bridgehead atoms. The first-order valence-electron chi connectivity index (χ1n) is 10.4. The molecule has 1 amide bonds. The molecule has 2 aliphatic rings. The number of benzene rings is 2. The van der Waals surface area contributed by atoms with Crippen LogP contribution >= 0.6 is 11.8 Å². The van der Waals surface area contributed by atoms with Crippen molar-refractivity contribution in [3.63, 3.8) is 0 Å². The van der Waals surface area contributed by atoms with Gasteiger partial charge in [-0.1, -0.05) is 49.0 Å². The molecular formula is C23H27N3O3S2. The van der Waals surface area contributed by atoms with Gasteiger partial charge in [-0.25, -0.2) is 8.42 Å². The zero-order valence-corrected chi connectivity index (χ0v) is 19.6. The van der Waals surface area contributed by atoms with E-state index in [-0.39, 0.29) is 35.2 Å². The Kier molecular flexibility index (Phi) is 6.12. The number of aliphatic imine (C=N–C) groups is 1. The lowest BCUT2D eigenvalue weighted by Crippen LogP contribution is -2.40. The molecule has 31 heavy (non-hydrogen) atoms. The Balaban J connectivity index is 1.54. The van der Waals surface area contributed by atoms with E-state index in [2.05, 4.69) is 18.3 Å². The molecule has 2 aliphatic heterocycles. The van der Waals surface area contributed by atoms with Crippen LogP contribution in [0.3, 0.4) is 0 Å². The molecule has 0 saturated carbocycles. The number of hydrogen-bond donors (Lipinski definition) is 1. The number of hydrogen-bond acceptors (Lipinski definition) is 6. The molecule has 2 aromatic rings. The summed E-state index contributed by atoms with van der Waals surface area (Å²) in [5.41, 5.74) is 5.05. The quantitative estimate of drug-likeness (QED) is 0.743. The van der Waals surface area contributed by atoms with Gasteiger partial charge >= 0.3 is 0 Å². The summed E-state index contributed by atoms with van der Waals surface area (Å²) in [6.07, 6.45) is 0.842. The molecule has 6 nitrogen and oxygen atoms in total. The summed E-state index contributed by atoms with van der Waals surface area (Å²) in [5.74, 6) is 0.275. The maximum atomic E-state index is 12.6. The minimum absolute atomic E-state index is 0.0686. The fourth-order valence-corrected chi connectivity index (χ4v) is 6.92. The second-order valence-corrected chi connectivity index (χ2v) is 11.2. The largest absolute Gasteiger partial charge is 0.325 e. The number of anilines is 2. The fourth-order valence-electron chi connectivity index (χ4n) is 4.16. The second-order valence-electron chi connectivity index (χ2n) is 8.13. The summed E-state index contributed by atoms with van der Waals surface area (Å²) in [4.78, 5) is 19.4. The van der Waals surface area contributed by atoms with Crippen LogP contribution in [0.5, 0.6) is 0 Å². The minimum atomic E-state index is -3.11. The number of nitrogens with one attached hydrogen (secondary N) is 1. The average molecular weight is 458 g/mol. The van der Waals surface area contributed by atoms with Crippen LogP contribution in [0, 0.1) is 13.8 Å². The predicted octanol–water partition coefficient (Wildman–Crippen LogP) is 3.58. The maximum absolute atomic E-state index is 12.6. The highest BCUT2D eigenvalue weighted by Crippen LogP contribution is 2.37. The number of fused-ring (bicyclic) bond motifs is 1. The highest BCUT2D eigenvalue weighted by molar-refractivity contribution is 8.14. The lowest BCUT2D eigenvalue weighted by Gasteiger charge is -2.28. The Hall–Kier alpha value is -2.32. The summed E-state index contributed by atoms with van der Waals surface area (Å²) in [6, 6.07) is 13.4. The van der Waals surface area contributed by atoms with Crippen molar-refractivity contribution < 1.29 is 13.2 Å². The van der Waals surface area contributed by atoms with E-state index >= 15 is 0 Å². The van der Waals surface area contributed by atoms with Gasteiger partial charge in [0.1, 0.15) is 0 Å². The van der Waals surface area contributed by atoms with Gasteiger partial charge in [-0.05, 0) is 49.1 Å². The topological polar surface area (TPSA) is 78.8 Å². The number of nitrogens with zero attached hydrogens (tertiary/aromatic N) is 2. The molecule has 0 aromatic heterocycles. The highest BCUT2D eigenvalue weighted by Gasteiger charge is 2.47. The Bertz CT molecular complexity index is 1140. The van der Waals surface area contributed by atoms with Crippen LogP contribution in [0.15, 0.2) is 47.5 Å². The van der Waals surface area contributed by atoms with Gasteiger partial charge in [-0.3, -0.25) is 9.79 Å². The van der Waals surface area contributed by atoms with E-state index in [4.69, 9.17) is 4.99 Å². The summed E-state index contributed by atoms with van der Waals surface area (Å²) in [6.45, 7) is 6.09. The summed E-state index contributed by atoms with van der Waals surface area (Å²) in [5, 5.41) is 3.71. The van der Waals surface area contributed by atoms with Crippen molar-refractivity contribution in [2.24, 2.45) is 4.99 Å². The third kappa shape index (κ3) is 4.65. The Morgan fingerprint density at radius 3 is 2.74 bits per heavy atom. The zero-order chi connectivity index (χ0) is 22.2. The number of amides is 1. The molecule has 0 radical (unpaired) electrons. The van der Waals surface area contributed by atoms with E-state index in [1.807, 2.05) is 55.1 Å². The van der Waals surface area contributed by atoms with Gasteiger partial charge < -0.3 is 10.2 Å². The van der Waals surface area contributed by atoms with Crippen LogP contribution in [0.25, 0.3) is 0 Å². The van der Waals surface area contributed by atoms with E-state index in [0.717, 1.165) is 39.7 Å². The van der Waals surface area contributed by atoms with Crippen molar-refractivity contribution in [2.75, 3.05) is 27.5 Å². The van der Waals surface area contributed by atoms with E-state index in [1.54, 1.807) is 0 Å². The standard InChI is InChI=1S/C23H27N3O3S2/c1-4-17-7-5-6-8-18(17)24-22(27)12-30-23-25-19-13-31(28,29)14-21(19)26(23)20-11-15(2)9-10-16(20)3/h5-11,19,21H,4,12-14H2,1-3H3,(H,24,27)/t19-,21-/m0/s1. The van der Waals surface area contributed by atoms with Crippen LogP contribution in [-0.4, -0.2) is 48.8 Å². The van der Waals surface area contributed by atoms with E-state index in [0.29, 0.717) is 0 Å². The van der Waals surface area contributed by atoms with Crippen LogP contribution in [-0.2, 0) is 21.1 Å². The molecule has 2 aromatic carbocycles. The number of sulfone groups is 1. The number of amidine groups is 1. The van der Waals surface area contributed by atoms with Gasteiger partial charge in [0.25, 0.3) is 0 Å². The first-order chi connectivity index (χ1) is 14.8. The zero-order valence-electron chi connectivity index (χ0n) is 18.0. The lowest BCUT2D eigenvalue weighted by molar-refractivity contribution is -0.113. The smallest absolute Gasteiger partial charge is 0.234 e. The van der Waals surface area contributed by atoms with E-state index in [9.17, 15) is 13.2 Å². The van der Waals surface area contributed by atoms with Crippen molar-refractivity contribution in [1.82, 2.24) is 0 Å². The van der Waals surface area contributed by atoms with Crippen molar-refractivity contribution in [3.05, 3.63) is 59.2 Å². The van der Waals surface area contributed by atoms with Crippen LogP contribution < -0.4 is 10.2 Å². The molecule has 8 heteroatoms. The van der Waals surface area contributed by atoms with Crippen molar-refractivity contribution >= 4 is 44.0 Å². The number of aryl methyl sites for hydroxylation is 3. The number of para-hydroxylation sites is 1. The molecule has 2 atom stereocenters. The number of rotatable bonds is 5. The Morgan fingerprint density at radius 1 is 1.19 bits per heavy atom. The first-order valence-corrected chi connectivity index (χ1v) is 13.2. The molecular weight excluding hydrogens is 430 g/mol. The molecule has 0 unspecified atom stereocenters. The molecule has 0 aliphatic carbocycles. The van der Waals surface area contributed by atoms with Gasteiger partial charge in [-0.2, -0.15) is 0 Å². The Labute approximate surface area is 188 Å². The minimum Gasteiger partial charge on any atom is -0.325 e. The summed E-state index contributed by atoms with van der Waals surface area (Å²) < 4.78 is 24.5. The Morgan fingerprint density at radius 2 is 1.97 bits per heavy atom. The second kappa shape index (κ2) is 8.67. The highest BCUT2D eigenvalue weighted by atomic mass is 32.2. The molecule has 1 fully saturated rings. The van der Waals surface area contributed by atoms with Gasteiger partial charge in [-0.15, -0.1) is 0 Å². The third-order valence-electron chi connectivity index (χ3n) is 5.74. The number of carbonyl (C=O) groups excluding carboxylic acids is 1. The molecule has 1 N–H and O–H groups in total. The van der Waals surface area contributed by atoms with E-state index < -0.39 is 9.84 Å².